The minimum atomic E-state index is 0.135. The number of hydrogen-bond acceptors (Lipinski definition) is 6. The van der Waals surface area contributed by atoms with Crippen LogP contribution in [0.15, 0.2) is 29.3 Å². The number of hydrogen-bond donors (Lipinski definition) is 1. The number of aromatic nitrogens is 2. The van der Waals surface area contributed by atoms with Gasteiger partial charge in [0.2, 0.25) is 5.91 Å². The maximum Gasteiger partial charge on any atom is 0.230 e. The molecule has 0 bridgehead atoms. The van der Waals surface area contributed by atoms with Crippen molar-refractivity contribution in [2.45, 2.75) is 43.3 Å². The molecular formula is C22H28N4O2S. The zero-order valence-electron chi connectivity index (χ0n) is 16.7. The van der Waals surface area contributed by atoms with E-state index in [1.165, 1.54) is 37.4 Å². The summed E-state index contributed by atoms with van der Waals surface area (Å²) in [7, 11) is 0. The molecule has 154 valence electrons. The molecule has 2 heterocycles. The highest BCUT2D eigenvalue weighted by Gasteiger charge is 2.42. The Bertz CT molecular complexity index is 866. The summed E-state index contributed by atoms with van der Waals surface area (Å²) in [5.74, 6) is 2.81. The first kappa shape index (κ1) is 19.3. The van der Waals surface area contributed by atoms with E-state index in [0.717, 1.165) is 66.4 Å². The van der Waals surface area contributed by atoms with E-state index in [1.54, 1.807) is 0 Å². The number of rotatable bonds is 8. The molecule has 1 aromatic carbocycles. The maximum absolute atomic E-state index is 12.6. The fourth-order valence-corrected chi connectivity index (χ4v) is 4.98. The van der Waals surface area contributed by atoms with Gasteiger partial charge in [0.1, 0.15) is 10.9 Å². The minimum Gasteiger partial charge on any atom is -0.379 e. The Kier molecular flexibility index (Phi) is 5.70. The predicted octanol–water partition coefficient (Wildman–Crippen LogP) is 2.86. The molecule has 3 aliphatic rings. The molecule has 1 saturated heterocycles. The third-order valence-corrected chi connectivity index (χ3v) is 7.00. The van der Waals surface area contributed by atoms with Gasteiger partial charge in [-0.15, -0.1) is 0 Å². The summed E-state index contributed by atoms with van der Waals surface area (Å²) in [4.78, 5) is 24.5. The molecule has 2 aromatic rings. The minimum absolute atomic E-state index is 0.135. The Labute approximate surface area is 175 Å². The number of amides is 1. The standard InChI is InChI=1S/C22H28N4O2S/c27-20(25-21(15-5-6-15)16-7-8-16)14-29-22-17-3-1-2-4-18(17)23-19(24-22)13-26-9-11-28-12-10-26/h1-4,15-16,21H,5-14H2,(H,25,27). The molecule has 1 aromatic heterocycles. The van der Waals surface area contributed by atoms with Gasteiger partial charge in [0.25, 0.3) is 0 Å². The van der Waals surface area contributed by atoms with Gasteiger partial charge in [-0.05, 0) is 43.6 Å². The smallest absolute Gasteiger partial charge is 0.230 e. The Balaban J connectivity index is 1.28. The first-order chi connectivity index (χ1) is 14.3. The van der Waals surface area contributed by atoms with Crippen molar-refractivity contribution in [3.05, 3.63) is 30.1 Å². The number of carbonyl (C=O) groups is 1. The van der Waals surface area contributed by atoms with Crippen molar-refractivity contribution in [1.29, 1.82) is 0 Å². The summed E-state index contributed by atoms with van der Waals surface area (Å²) in [6.45, 7) is 4.06. The number of fused-ring (bicyclic) bond motifs is 1. The summed E-state index contributed by atoms with van der Waals surface area (Å²) in [6.07, 6.45) is 5.10. The third-order valence-electron chi connectivity index (χ3n) is 6.01. The van der Waals surface area contributed by atoms with Gasteiger partial charge in [0.05, 0.1) is 31.0 Å². The Hall–Kier alpha value is -1.70. The normalized spacial score (nSPS) is 20.3. The number of nitrogens with one attached hydrogen (secondary N) is 1. The van der Waals surface area contributed by atoms with Gasteiger partial charge in [-0.2, -0.15) is 0 Å². The number of carbonyl (C=O) groups excluding carboxylic acids is 1. The second-order valence-electron chi connectivity index (χ2n) is 8.41. The lowest BCUT2D eigenvalue weighted by molar-refractivity contribution is -0.119. The number of nitrogens with zero attached hydrogens (tertiary/aromatic N) is 3. The van der Waals surface area contributed by atoms with E-state index >= 15 is 0 Å². The largest absolute Gasteiger partial charge is 0.379 e. The summed E-state index contributed by atoms with van der Waals surface area (Å²) < 4.78 is 5.44. The quantitative estimate of drug-likeness (QED) is 0.531. The van der Waals surface area contributed by atoms with Gasteiger partial charge in [0.15, 0.2) is 0 Å². The zero-order chi connectivity index (χ0) is 19.6. The number of morpholine rings is 1. The average molecular weight is 413 g/mol. The monoisotopic (exact) mass is 412 g/mol. The Morgan fingerprint density at radius 1 is 1.14 bits per heavy atom. The van der Waals surface area contributed by atoms with Crippen LogP contribution in [-0.4, -0.2) is 58.9 Å². The molecule has 0 spiro atoms. The maximum atomic E-state index is 12.6. The van der Waals surface area contributed by atoms with Crippen LogP contribution in [0.25, 0.3) is 10.9 Å². The SMILES string of the molecule is O=C(CSc1nc(CN2CCOCC2)nc2ccccc12)NC(C1CC1)C1CC1. The molecule has 1 aliphatic heterocycles. The van der Waals surface area contributed by atoms with Crippen molar-refractivity contribution in [3.8, 4) is 0 Å². The highest BCUT2D eigenvalue weighted by molar-refractivity contribution is 8.00. The Morgan fingerprint density at radius 2 is 1.86 bits per heavy atom. The lowest BCUT2D eigenvalue weighted by Crippen LogP contribution is -2.39. The van der Waals surface area contributed by atoms with Gasteiger partial charge in [-0.3, -0.25) is 9.69 Å². The fourth-order valence-electron chi connectivity index (χ4n) is 4.13. The van der Waals surface area contributed by atoms with Crippen LogP contribution in [0.3, 0.4) is 0 Å². The molecular weight excluding hydrogens is 384 g/mol. The molecule has 29 heavy (non-hydrogen) atoms. The molecule has 1 N–H and O–H groups in total. The van der Waals surface area contributed by atoms with Crippen LogP contribution in [0.1, 0.15) is 31.5 Å². The second kappa shape index (κ2) is 8.58. The molecule has 2 aliphatic carbocycles. The van der Waals surface area contributed by atoms with E-state index in [1.807, 2.05) is 24.3 Å². The van der Waals surface area contributed by atoms with Crippen LogP contribution in [0, 0.1) is 11.8 Å². The van der Waals surface area contributed by atoms with E-state index in [-0.39, 0.29) is 5.91 Å². The van der Waals surface area contributed by atoms with E-state index in [0.29, 0.717) is 11.8 Å². The molecule has 5 rings (SSSR count). The summed E-state index contributed by atoms with van der Waals surface area (Å²) in [6, 6.07) is 8.49. The highest BCUT2D eigenvalue weighted by Crippen LogP contribution is 2.44. The van der Waals surface area contributed by atoms with Crippen molar-refractivity contribution in [3.63, 3.8) is 0 Å². The summed E-state index contributed by atoms with van der Waals surface area (Å²) in [5.41, 5.74) is 0.947. The molecule has 0 atom stereocenters. The molecule has 2 saturated carbocycles. The summed E-state index contributed by atoms with van der Waals surface area (Å²) >= 11 is 1.53. The number of para-hydroxylation sites is 1. The lowest BCUT2D eigenvalue weighted by atomic mass is 10.1. The van der Waals surface area contributed by atoms with Crippen molar-refractivity contribution in [2.75, 3.05) is 32.1 Å². The molecule has 0 radical (unpaired) electrons. The van der Waals surface area contributed by atoms with E-state index in [4.69, 9.17) is 14.7 Å². The van der Waals surface area contributed by atoms with E-state index in [9.17, 15) is 4.79 Å². The van der Waals surface area contributed by atoms with Crippen LogP contribution < -0.4 is 5.32 Å². The predicted molar refractivity (Wildman–Crippen MR) is 114 cm³/mol. The van der Waals surface area contributed by atoms with Gasteiger partial charge >= 0.3 is 0 Å². The first-order valence-electron chi connectivity index (χ1n) is 10.7. The summed E-state index contributed by atoms with van der Waals surface area (Å²) in [5, 5.41) is 5.25. The number of ether oxygens (including phenoxy) is 1. The van der Waals surface area contributed by atoms with Crippen LogP contribution in [0.2, 0.25) is 0 Å². The average Bonchev–Trinajstić information content (AvgIpc) is 3.64. The van der Waals surface area contributed by atoms with E-state index in [2.05, 4.69) is 10.2 Å². The van der Waals surface area contributed by atoms with Crippen molar-refractivity contribution >= 4 is 28.6 Å². The van der Waals surface area contributed by atoms with Gasteiger partial charge in [-0.1, -0.05) is 30.0 Å². The van der Waals surface area contributed by atoms with Gasteiger partial charge in [-0.25, -0.2) is 9.97 Å². The van der Waals surface area contributed by atoms with Crippen LogP contribution in [0.4, 0.5) is 0 Å². The fraction of sp³-hybridized carbons (Fsp3) is 0.591. The Morgan fingerprint density at radius 3 is 2.59 bits per heavy atom. The molecule has 3 fully saturated rings. The zero-order valence-corrected chi connectivity index (χ0v) is 17.5. The number of benzene rings is 1. The molecule has 0 unspecified atom stereocenters. The van der Waals surface area contributed by atoms with Crippen molar-refractivity contribution < 1.29 is 9.53 Å². The lowest BCUT2D eigenvalue weighted by Gasteiger charge is -2.26. The van der Waals surface area contributed by atoms with Gasteiger partial charge in [0, 0.05) is 24.5 Å². The molecule has 1 amide bonds. The van der Waals surface area contributed by atoms with E-state index < -0.39 is 0 Å². The van der Waals surface area contributed by atoms with Crippen molar-refractivity contribution in [2.24, 2.45) is 11.8 Å². The van der Waals surface area contributed by atoms with Gasteiger partial charge < -0.3 is 10.1 Å². The third kappa shape index (κ3) is 4.90. The van der Waals surface area contributed by atoms with Crippen LogP contribution >= 0.6 is 11.8 Å². The molecule has 6 nitrogen and oxygen atoms in total. The topological polar surface area (TPSA) is 67.4 Å². The second-order valence-corrected chi connectivity index (χ2v) is 9.37. The number of thioether (sulfide) groups is 1. The van der Waals surface area contributed by atoms with Crippen LogP contribution in [0.5, 0.6) is 0 Å². The van der Waals surface area contributed by atoms with Crippen molar-refractivity contribution in [1.82, 2.24) is 20.2 Å². The molecule has 7 heteroatoms. The van der Waals surface area contributed by atoms with Crippen LogP contribution in [-0.2, 0) is 16.1 Å². The highest BCUT2D eigenvalue weighted by atomic mass is 32.2. The first-order valence-corrected chi connectivity index (χ1v) is 11.7.